The number of ether oxygens (including phenoxy) is 1. The van der Waals surface area contributed by atoms with Gasteiger partial charge in [0.2, 0.25) is 0 Å². The summed E-state index contributed by atoms with van der Waals surface area (Å²) in [5, 5.41) is 3.21. The summed E-state index contributed by atoms with van der Waals surface area (Å²) in [5.74, 6) is -0.174. The molecule has 1 N–H and O–H groups in total. The van der Waals surface area contributed by atoms with Crippen LogP contribution < -0.4 is 5.32 Å². The molecule has 0 aliphatic carbocycles. The van der Waals surface area contributed by atoms with Crippen LogP contribution in [0.25, 0.3) is 0 Å². The van der Waals surface area contributed by atoms with Crippen molar-refractivity contribution in [1.29, 1.82) is 0 Å². The predicted octanol–water partition coefficient (Wildman–Crippen LogP) is 0.456. The molecule has 0 amide bonds. The maximum atomic E-state index is 11.0. The standard InChI is InChI=1S/C8H15N2O2.C2H6.CH4S.W/c1-2-12-8(11)7-10-5-3-9-4-6-10;2*1-2;/h9H,1-7H2;1-2H3;2H,1H3;/q-1;;;+2/p-1. The smallest absolute Gasteiger partial charge is 0.796 e. The molecule has 0 bridgehead atoms. The third-order valence-corrected chi connectivity index (χ3v) is 1.83. The summed E-state index contributed by atoms with van der Waals surface area (Å²) in [5.41, 5.74) is 0. The van der Waals surface area contributed by atoms with Crippen LogP contribution in [0.4, 0.5) is 0 Å². The first-order chi connectivity index (χ1) is 7.83. The Morgan fingerprint density at radius 3 is 2.24 bits per heavy atom. The Morgan fingerprint density at radius 2 is 1.82 bits per heavy atom. The van der Waals surface area contributed by atoms with E-state index < -0.39 is 0 Å². The molecule has 0 saturated carbocycles. The van der Waals surface area contributed by atoms with E-state index in [0.717, 1.165) is 26.2 Å². The fourth-order valence-corrected chi connectivity index (χ4v) is 1.21. The van der Waals surface area contributed by atoms with Gasteiger partial charge in [0.05, 0.1) is 6.54 Å². The maximum Gasteiger partial charge on any atom is 2.00 e. The average Bonchev–Trinajstić information content (AvgIpc) is 2.36. The van der Waals surface area contributed by atoms with Gasteiger partial charge in [-0.05, 0) is 6.61 Å². The minimum absolute atomic E-state index is 0. The zero-order chi connectivity index (χ0) is 12.8. The molecule has 0 spiro atoms. The third-order valence-electron chi connectivity index (χ3n) is 1.83. The van der Waals surface area contributed by atoms with Gasteiger partial charge in [-0.15, -0.1) is 0 Å². The second kappa shape index (κ2) is 18.8. The van der Waals surface area contributed by atoms with Gasteiger partial charge in [-0.3, -0.25) is 9.69 Å². The van der Waals surface area contributed by atoms with Gasteiger partial charge >= 0.3 is 27.0 Å². The van der Waals surface area contributed by atoms with Crippen molar-refractivity contribution in [2.24, 2.45) is 0 Å². The Bertz CT molecular complexity index is 156. The summed E-state index contributed by atoms with van der Waals surface area (Å²) >= 11 is 4.08. The van der Waals surface area contributed by atoms with Crippen LogP contribution in [0.3, 0.4) is 0 Å². The van der Waals surface area contributed by atoms with Crippen molar-refractivity contribution in [2.45, 2.75) is 13.8 Å². The second-order valence-corrected chi connectivity index (χ2v) is 2.75. The van der Waals surface area contributed by atoms with Crippen molar-refractivity contribution in [3.05, 3.63) is 6.92 Å². The molecular formula is C11H24N2O2SW. The van der Waals surface area contributed by atoms with E-state index in [1.165, 1.54) is 0 Å². The zero-order valence-electron chi connectivity index (χ0n) is 11.0. The molecule has 0 unspecified atom stereocenters. The first-order valence-electron chi connectivity index (χ1n) is 5.61. The molecule has 17 heavy (non-hydrogen) atoms. The molecule has 0 radical (unpaired) electrons. The summed E-state index contributed by atoms with van der Waals surface area (Å²) in [7, 11) is 0. The molecule has 1 saturated heterocycles. The molecule has 0 atom stereocenters. The number of piperazine rings is 1. The normalized spacial score (nSPS) is 14.2. The summed E-state index contributed by atoms with van der Waals surface area (Å²) in [6.45, 7) is 11.8. The van der Waals surface area contributed by atoms with Gasteiger partial charge in [0, 0.05) is 26.2 Å². The second-order valence-electron chi connectivity index (χ2n) is 2.75. The SMILES string of the molecule is CC.C[S-].[CH2-]COC(=O)CN1CCNCC1.[W+2]. The number of hydrogen-bond acceptors (Lipinski definition) is 5. The van der Waals surface area contributed by atoms with Gasteiger partial charge in [0.1, 0.15) is 0 Å². The zero-order valence-corrected chi connectivity index (χ0v) is 14.8. The molecule has 0 aromatic rings. The Hall–Kier alpha value is 0.428. The summed E-state index contributed by atoms with van der Waals surface area (Å²) < 4.78 is 4.73. The first kappa shape index (κ1) is 22.6. The van der Waals surface area contributed by atoms with Crippen LogP contribution in [0.2, 0.25) is 0 Å². The van der Waals surface area contributed by atoms with E-state index in [4.69, 9.17) is 4.74 Å². The number of esters is 1. The van der Waals surface area contributed by atoms with Gasteiger partial charge in [0.15, 0.2) is 0 Å². The molecular weight excluding hydrogens is 408 g/mol. The summed E-state index contributed by atoms with van der Waals surface area (Å²) in [6.07, 6.45) is 1.58. The number of carbonyl (C=O) groups excluding carboxylic acids is 1. The van der Waals surface area contributed by atoms with Gasteiger partial charge in [-0.1, -0.05) is 13.8 Å². The molecule has 0 aromatic carbocycles. The van der Waals surface area contributed by atoms with Gasteiger partial charge < -0.3 is 29.6 Å². The fourth-order valence-electron chi connectivity index (χ4n) is 1.21. The summed E-state index contributed by atoms with van der Waals surface area (Å²) in [4.78, 5) is 13.1. The molecule has 1 heterocycles. The van der Waals surface area contributed by atoms with Crippen LogP contribution in [0, 0.1) is 6.92 Å². The Labute approximate surface area is 126 Å². The monoisotopic (exact) mass is 432 g/mol. The minimum atomic E-state index is -0.174. The topological polar surface area (TPSA) is 41.6 Å². The van der Waals surface area contributed by atoms with E-state index in [2.05, 4.69) is 29.8 Å². The van der Waals surface area contributed by atoms with E-state index in [1.807, 2.05) is 13.8 Å². The fraction of sp³-hybridized carbons (Fsp3) is 0.818. The first-order valence-corrected chi connectivity index (χ1v) is 6.43. The largest absolute Gasteiger partial charge is 2.00 e. The van der Waals surface area contributed by atoms with Crippen molar-refractivity contribution in [3.63, 3.8) is 0 Å². The molecule has 1 aliphatic heterocycles. The Morgan fingerprint density at radius 1 is 1.35 bits per heavy atom. The van der Waals surface area contributed by atoms with Crippen LogP contribution in [-0.2, 0) is 43.2 Å². The molecule has 6 heteroatoms. The van der Waals surface area contributed by atoms with E-state index >= 15 is 0 Å². The number of carbonyl (C=O) groups is 1. The number of nitrogens with zero attached hydrogens (tertiary/aromatic N) is 1. The molecule has 102 valence electrons. The quantitative estimate of drug-likeness (QED) is 0.399. The van der Waals surface area contributed by atoms with E-state index in [9.17, 15) is 4.79 Å². The van der Waals surface area contributed by atoms with Crippen LogP contribution in [0.5, 0.6) is 0 Å². The van der Waals surface area contributed by atoms with Gasteiger partial charge in [-0.25, -0.2) is 0 Å². The number of nitrogens with one attached hydrogen (secondary N) is 1. The van der Waals surface area contributed by atoms with Gasteiger partial charge in [-0.2, -0.15) is 6.26 Å². The van der Waals surface area contributed by atoms with Crippen molar-refractivity contribution in [3.8, 4) is 0 Å². The molecule has 4 nitrogen and oxygen atoms in total. The third kappa shape index (κ3) is 14.4. The molecule has 1 rings (SSSR count). The van der Waals surface area contributed by atoms with Crippen LogP contribution >= 0.6 is 0 Å². The van der Waals surface area contributed by atoms with Crippen molar-refractivity contribution >= 4 is 18.6 Å². The number of hydrogen-bond donors (Lipinski definition) is 1. The predicted molar refractivity (Wildman–Crippen MR) is 70.3 cm³/mol. The van der Waals surface area contributed by atoms with Crippen molar-refractivity contribution in [2.75, 3.05) is 45.6 Å². The van der Waals surface area contributed by atoms with Crippen LogP contribution in [0.1, 0.15) is 13.8 Å². The number of rotatable bonds is 3. The van der Waals surface area contributed by atoms with E-state index in [1.54, 1.807) is 6.26 Å². The Balaban J connectivity index is -0.000000355. The van der Waals surface area contributed by atoms with Crippen molar-refractivity contribution < 1.29 is 30.6 Å². The summed E-state index contributed by atoms with van der Waals surface area (Å²) in [6, 6.07) is 0. The minimum Gasteiger partial charge on any atom is -0.796 e. The van der Waals surface area contributed by atoms with Crippen LogP contribution in [-0.4, -0.2) is 56.5 Å². The molecule has 1 aliphatic rings. The molecule has 1 fully saturated rings. The van der Waals surface area contributed by atoms with E-state index in [0.29, 0.717) is 6.54 Å². The van der Waals surface area contributed by atoms with Crippen molar-refractivity contribution in [1.82, 2.24) is 10.2 Å². The van der Waals surface area contributed by atoms with E-state index in [-0.39, 0.29) is 33.6 Å². The van der Waals surface area contributed by atoms with Gasteiger partial charge in [0.25, 0.3) is 0 Å². The molecule has 0 aromatic heterocycles. The maximum absolute atomic E-state index is 11.0. The van der Waals surface area contributed by atoms with Crippen LogP contribution in [0.15, 0.2) is 0 Å². The average molecular weight is 432 g/mol. The Kier molecular flexibility index (Phi) is 25.0.